The van der Waals surface area contributed by atoms with Gasteiger partial charge in [0.15, 0.2) is 0 Å². The molecule has 0 aromatic heterocycles. The lowest BCUT2D eigenvalue weighted by Gasteiger charge is -2.18. The molecular weight excluding hydrogens is 150 g/mol. The SMILES string of the molecule is CCOCCCC(CC)C(C)N. The Labute approximate surface area is 76.5 Å². The van der Waals surface area contributed by atoms with Crippen LogP contribution in [-0.2, 0) is 4.74 Å². The Kier molecular flexibility index (Phi) is 7.51. The first kappa shape index (κ1) is 11.9. The van der Waals surface area contributed by atoms with Crippen LogP contribution in [0, 0.1) is 5.92 Å². The van der Waals surface area contributed by atoms with Gasteiger partial charge < -0.3 is 10.5 Å². The smallest absolute Gasteiger partial charge is 0.0466 e. The van der Waals surface area contributed by atoms with Crippen LogP contribution in [0.3, 0.4) is 0 Å². The second kappa shape index (κ2) is 7.56. The van der Waals surface area contributed by atoms with Crippen molar-refractivity contribution in [1.29, 1.82) is 0 Å². The predicted molar refractivity (Wildman–Crippen MR) is 53.2 cm³/mol. The van der Waals surface area contributed by atoms with Gasteiger partial charge in [-0.25, -0.2) is 0 Å². The van der Waals surface area contributed by atoms with Crippen molar-refractivity contribution in [2.45, 2.75) is 46.1 Å². The molecule has 74 valence electrons. The molecule has 2 N–H and O–H groups in total. The highest BCUT2D eigenvalue weighted by atomic mass is 16.5. The second-order valence-corrected chi connectivity index (χ2v) is 3.37. The molecule has 0 saturated carbocycles. The molecule has 2 nitrogen and oxygen atoms in total. The normalized spacial score (nSPS) is 16.0. The van der Waals surface area contributed by atoms with Crippen molar-refractivity contribution in [3.63, 3.8) is 0 Å². The maximum atomic E-state index is 5.82. The van der Waals surface area contributed by atoms with Gasteiger partial charge in [0, 0.05) is 19.3 Å². The van der Waals surface area contributed by atoms with Gasteiger partial charge in [-0.1, -0.05) is 13.3 Å². The van der Waals surface area contributed by atoms with E-state index in [-0.39, 0.29) is 0 Å². The van der Waals surface area contributed by atoms with Crippen molar-refractivity contribution in [2.24, 2.45) is 11.7 Å². The quantitative estimate of drug-likeness (QED) is 0.599. The summed E-state index contributed by atoms with van der Waals surface area (Å²) in [4.78, 5) is 0. The number of nitrogens with two attached hydrogens (primary N) is 1. The van der Waals surface area contributed by atoms with Gasteiger partial charge in [0.2, 0.25) is 0 Å². The summed E-state index contributed by atoms with van der Waals surface area (Å²) in [5, 5.41) is 0. The lowest BCUT2D eigenvalue weighted by atomic mass is 9.94. The summed E-state index contributed by atoms with van der Waals surface area (Å²) >= 11 is 0. The minimum atomic E-state index is 0.330. The van der Waals surface area contributed by atoms with Crippen molar-refractivity contribution in [1.82, 2.24) is 0 Å². The summed E-state index contributed by atoms with van der Waals surface area (Å²) in [5.74, 6) is 0.672. The summed E-state index contributed by atoms with van der Waals surface area (Å²) in [6.07, 6.45) is 3.53. The van der Waals surface area contributed by atoms with E-state index in [9.17, 15) is 0 Å². The van der Waals surface area contributed by atoms with Gasteiger partial charge in [-0.05, 0) is 32.6 Å². The van der Waals surface area contributed by atoms with E-state index in [0.717, 1.165) is 19.6 Å². The molecule has 0 aliphatic carbocycles. The monoisotopic (exact) mass is 173 g/mol. The van der Waals surface area contributed by atoms with Crippen molar-refractivity contribution >= 4 is 0 Å². The van der Waals surface area contributed by atoms with Crippen LogP contribution < -0.4 is 5.73 Å². The summed E-state index contributed by atoms with van der Waals surface area (Å²) in [7, 11) is 0. The van der Waals surface area contributed by atoms with Crippen LogP contribution >= 0.6 is 0 Å². The molecule has 0 amide bonds. The highest BCUT2D eigenvalue weighted by Gasteiger charge is 2.10. The minimum absolute atomic E-state index is 0.330. The molecule has 0 bridgehead atoms. The first-order chi connectivity index (χ1) is 5.72. The Morgan fingerprint density at radius 3 is 2.42 bits per heavy atom. The molecule has 0 saturated heterocycles. The zero-order valence-corrected chi connectivity index (χ0v) is 8.68. The molecule has 0 spiro atoms. The van der Waals surface area contributed by atoms with Crippen LogP contribution in [0.2, 0.25) is 0 Å². The standard InChI is InChI=1S/C10H23NO/c1-4-10(9(3)11)7-6-8-12-5-2/h9-10H,4-8,11H2,1-3H3. The summed E-state index contributed by atoms with van der Waals surface area (Å²) in [5.41, 5.74) is 5.82. The van der Waals surface area contributed by atoms with Crippen LogP contribution in [-0.4, -0.2) is 19.3 Å². The Morgan fingerprint density at radius 2 is 2.00 bits per heavy atom. The highest BCUT2D eigenvalue weighted by molar-refractivity contribution is 4.66. The van der Waals surface area contributed by atoms with Crippen LogP contribution in [0.25, 0.3) is 0 Å². The van der Waals surface area contributed by atoms with Gasteiger partial charge in [-0.3, -0.25) is 0 Å². The summed E-state index contributed by atoms with van der Waals surface area (Å²) in [6, 6.07) is 0.330. The Hall–Kier alpha value is -0.0800. The van der Waals surface area contributed by atoms with Crippen molar-refractivity contribution in [2.75, 3.05) is 13.2 Å². The predicted octanol–water partition coefficient (Wildman–Crippen LogP) is 2.18. The van der Waals surface area contributed by atoms with Gasteiger partial charge in [-0.15, -0.1) is 0 Å². The Balaban J connectivity index is 3.32. The first-order valence-corrected chi connectivity index (χ1v) is 5.05. The zero-order chi connectivity index (χ0) is 9.40. The molecule has 0 radical (unpaired) electrons. The minimum Gasteiger partial charge on any atom is -0.382 e. The van der Waals surface area contributed by atoms with Crippen LogP contribution in [0.5, 0.6) is 0 Å². The van der Waals surface area contributed by atoms with Gasteiger partial charge >= 0.3 is 0 Å². The molecule has 0 aliphatic heterocycles. The van der Waals surface area contributed by atoms with Gasteiger partial charge in [0.25, 0.3) is 0 Å². The molecule has 0 aliphatic rings. The van der Waals surface area contributed by atoms with E-state index < -0.39 is 0 Å². The molecule has 2 atom stereocenters. The lowest BCUT2D eigenvalue weighted by Crippen LogP contribution is -2.26. The lowest BCUT2D eigenvalue weighted by molar-refractivity contribution is 0.138. The largest absolute Gasteiger partial charge is 0.382 e. The average Bonchev–Trinajstić information content (AvgIpc) is 2.04. The number of ether oxygens (including phenoxy) is 1. The average molecular weight is 173 g/mol. The van der Waals surface area contributed by atoms with Gasteiger partial charge in [0.1, 0.15) is 0 Å². The molecule has 0 rings (SSSR count). The van der Waals surface area contributed by atoms with Crippen molar-refractivity contribution in [3.05, 3.63) is 0 Å². The van der Waals surface area contributed by atoms with E-state index >= 15 is 0 Å². The maximum Gasteiger partial charge on any atom is 0.0466 e. The van der Waals surface area contributed by atoms with E-state index in [0.29, 0.717) is 12.0 Å². The molecule has 0 aromatic rings. The Morgan fingerprint density at radius 1 is 1.33 bits per heavy atom. The number of hydrogen-bond acceptors (Lipinski definition) is 2. The summed E-state index contributed by atoms with van der Waals surface area (Å²) in [6.45, 7) is 8.04. The summed E-state index contributed by atoms with van der Waals surface area (Å²) < 4.78 is 5.27. The van der Waals surface area contributed by atoms with E-state index in [1.165, 1.54) is 12.8 Å². The second-order valence-electron chi connectivity index (χ2n) is 3.37. The van der Waals surface area contributed by atoms with E-state index in [2.05, 4.69) is 13.8 Å². The van der Waals surface area contributed by atoms with Crippen LogP contribution in [0.4, 0.5) is 0 Å². The molecule has 0 aromatic carbocycles. The van der Waals surface area contributed by atoms with Gasteiger partial charge in [0.05, 0.1) is 0 Å². The van der Waals surface area contributed by atoms with Crippen LogP contribution in [0.1, 0.15) is 40.0 Å². The third-order valence-corrected chi connectivity index (χ3v) is 2.34. The number of rotatable bonds is 7. The molecule has 0 fully saturated rings. The third kappa shape index (κ3) is 5.56. The highest BCUT2D eigenvalue weighted by Crippen LogP contribution is 2.13. The van der Waals surface area contributed by atoms with Gasteiger partial charge in [-0.2, -0.15) is 0 Å². The Bertz CT molecular complexity index is 93.8. The van der Waals surface area contributed by atoms with E-state index in [4.69, 9.17) is 10.5 Å². The fourth-order valence-corrected chi connectivity index (χ4v) is 1.43. The van der Waals surface area contributed by atoms with E-state index in [1.807, 2.05) is 6.92 Å². The molecule has 2 unspecified atom stereocenters. The maximum absolute atomic E-state index is 5.82. The topological polar surface area (TPSA) is 35.2 Å². The molecule has 0 heterocycles. The first-order valence-electron chi connectivity index (χ1n) is 5.05. The molecular formula is C10H23NO. The fourth-order valence-electron chi connectivity index (χ4n) is 1.43. The zero-order valence-electron chi connectivity index (χ0n) is 8.68. The number of hydrogen-bond donors (Lipinski definition) is 1. The van der Waals surface area contributed by atoms with Crippen LogP contribution in [0.15, 0.2) is 0 Å². The van der Waals surface area contributed by atoms with Crippen molar-refractivity contribution < 1.29 is 4.74 Å². The third-order valence-electron chi connectivity index (χ3n) is 2.34. The molecule has 2 heteroatoms. The molecule has 12 heavy (non-hydrogen) atoms. The van der Waals surface area contributed by atoms with E-state index in [1.54, 1.807) is 0 Å². The van der Waals surface area contributed by atoms with Crippen molar-refractivity contribution in [3.8, 4) is 0 Å². The fraction of sp³-hybridized carbons (Fsp3) is 1.00.